The topological polar surface area (TPSA) is 71.8 Å². The lowest BCUT2D eigenvalue weighted by Crippen LogP contribution is -2.41. The summed E-state index contributed by atoms with van der Waals surface area (Å²) < 4.78 is 1.94. The molecule has 2 atom stereocenters. The molecule has 2 unspecified atom stereocenters. The summed E-state index contributed by atoms with van der Waals surface area (Å²) in [4.78, 5) is 13.4. The number of benzene rings is 2. The van der Waals surface area contributed by atoms with Gasteiger partial charge in [0.2, 0.25) is 11.1 Å². The van der Waals surface area contributed by atoms with Crippen LogP contribution in [0.25, 0.3) is 0 Å². The van der Waals surface area contributed by atoms with E-state index < -0.39 is 0 Å². The van der Waals surface area contributed by atoms with Crippen molar-refractivity contribution >= 4 is 23.4 Å². The normalized spacial score (nSPS) is 17.9. The number of fused-ring (bicyclic) bond motifs is 1. The van der Waals surface area contributed by atoms with Crippen LogP contribution in [0.15, 0.2) is 47.6 Å². The first-order valence-corrected chi connectivity index (χ1v) is 11.2. The van der Waals surface area contributed by atoms with Gasteiger partial charge in [0.25, 0.3) is 0 Å². The molecule has 2 aromatic carbocycles. The molecule has 0 radical (unpaired) electrons. The molecule has 1 aliphatic rings. The van der Waals surface area contributed by atoms with Crippen LogP contribution in [-0.2, 0) is 11.2 Å². The smallest absolute Gasteiger partial charge is 0.240 e. The molecule has 0 bridgehead atoms. The molecule has 0 spiro atoms. The van der Waals surface area contributed by atoms with E-state index in [0.717, 1.165) is 46.2 Å². The molecule has 30 heavy (non-hydrogen) atoms. The van der Waals surface area contributed by atoms with Crippen molar-refractivity contribution in [1.29, 1.82) is 0 Å². The Morgan fingerprint density at radius 2 is 1.90 bits per heavy atom. The van der Waals surface area contributed by atoms with Crippen LogP contribution in [-0.4, -0.2) is 26.0 Å². The summed E-state index contributed by atoms with van der Waals surface area (Å²) >= 11 is 1.46. The third kappa shape index (κ3) is 3.94. The summed E-state index contributed by atoms with van der Waals surface area (Å²) in [6.07, 6.45) is 1.82. The van der Waals surface area contributed by atoms with E-state index in [0.29, 0.717) is 0 Å². The molecule has 1 aliphatic heterocycles. The van der Waals surface area contributed by atoms with Gasteiger partial charge in [0.05, 0.1) is 6.04 Å². The number of rotatable bonds is 5. The first-order chi connectivity index (χ1) is 14.5. The zero-order valence-electron chi connectivity index (χ0n) is 17.8. The summed E-state index contributed by atoms with van der Waals surface area (Å²) in [6.45, 7) is 8.27. The second kappa shape index (κ2) is 8.52. The third-order valence-electron chi connectivity index (χ3n) is 5.53. The summed E-state index contributed by atoms with van der Waals surface area (Å²) in [5.41, 5.74) is 8.86. The van der Waals surface area contributed by atoms with E-state index in [1.807, 2.05) is 23.7 Å². The van der Waals surface area contributed by atoms with Gasteiger partial charge in [-0.3, -0.25) is 4.79 Å². The van der Waals surface area contributed by atoms with E-state index in [4.69, 9.17) is 0 Å². The predicted molar refractivity (Wildman–Crippen MR) is 121 cm³/mol. The van der Waals surface area contributed by atoms with Gasteiger partial charge in [-0.15, -0.1) is 10.2 Å². The van der Waals surface area contributed by atoms with Gasteiger partial charge in [-0.2, -0.15) is 0 Å². The zero-order chi connectivity index (χ0) is 21.3. The van der Waals surface area contributed by atoms with E-state index in [1.165, 1.54) is 17.3 Å². The molecule has 4 rings (SSSR count). The Morgan fingerprint density at radius 1 is 1.13 bits per heavy atom. The molecule has 3 aromatic rings. The Balaban J connectivity index is 1.68. The standard InChI is InChI=1S/C23H27N5OS/c1-5-7-19-25-26-23-28(19)27-20(17-12-10-14(2)11-13-17)21(30-23)22(29)24-18-9-6-8-15(3)16(18)4/h6,8-13,20-21,27H,5,7H2,1-4H3,(H,24,29). The maximum Gasteiger partial charge on any atom is 0.240 e. The Labute approximate surface area is 181 Å². The minimum atomic E-state index is -0.376. The van der Waals surface area contributed by atoms with Crippen LogP contribution in [0, 0.1) is 20.8 Å². The molecule has 2 heterocycles. The van der Waals surface area contributed by atoms with Crippen molar-refractivity contribution in [3.8, 4) is 0 Å². The SMILES string of the molecule is CCCc1nnc2n1NC(c1ccc(C)cc1)C(C(=O)Nc1cccc(C)c1C)S2. The maximum absolute atomic E-state index is 13.4. The molecule has 0 fully saturated rings. The van der Waals surface area contributed by atoms with E-state index in [2.05, 4.69) is 72.0 Å². The number of anilines is 1. The maximum atomic E-state index is 13.4. The lowest BCUT2D eigenvalue weighted by Gasteiger charge is -2.33. The fourth-order valence-corrected chi connectivity index (χ4v) is 4.70. The Bertz CT molecular complexity index is 1060. The predicted octanol–water partition coefficient (Wildman–Crippen LogP) is 4.55. The highest BCUT2D eigenvalue weighted by molar-refractivity contribution is 8.00. The average molecular weight is 422 g/mol. The van der Waals surface area contributed by atoms with Gasteiger partial charge in [-0.1, -0.05) is 60.6 Å². The summed E-state index contributed by atoms with van der Waals surface area (Å²) in [7, 11) is 0. The highest BCUT2D eigenvalue weighted by atomic mass is 32.2. The van der Waals surface area contributed by atoms with Crippen molar-refractivity contribution < 1.29 is 4.79 Å². The molecule has 7 heteroatoms. The van der Waals surface area contributed by atoms with Gasteiger partial charge in [0, 0.05) is 12.1 Å². The minimum Gasteiger partial charge on any atom is -0.325 e. The van der Waals surface area contributed by atoms with Crippen molar-refractivity contribution in [2.75, 3.05) is 10.7 Å². The van der Waals surface area contributed by atoms with Crippen LogP contribution in [0.2, 0.25) is 0 Å². The highest BCUT2D eigenvalue weighted by Gasteiger charge is 2.37. The van der Waals surface area contributed by atoms with Gasteiger partial charge < -0.3 is 10.7 Å². The monoisotopic (exact) mass is 421 g/mol. The summed E-state index contributed by atoms with van der Waals surface area (Å²) in [5, 5.41) is 12.1. The van der Waals surface area contributed by atoms with E-state index in [-0.39, 0.29) is 17.2 Å². The van der Waals surface area contributed by atoms with Crippen LogP contribution in [0.4, 0.5) is 5.69 Å². The number of carbonyl (C=O) groups is 1. The molecule has 6 nitrogen and oxygen atoms in total. The van der Waals surface area contributed by atoms with E-state index in [1.54, 1.807) is 0 Å². The number of nitrogens with zero attached hydrogens (tertiary/aromatic N) is 3. The molecule has 0 saturated heterocycles. The molecule has 0 saturated carbocycles. The van der Waals surface area contributed by atoms with Crippen LogP contribution in [0.1, 0.15) is 47.5 Å². The number of carbonyl (C=O) groups excluding carboxylic acids is 1. The second-order valence-electron chi connectivity index (χ2n) is 7.78. The van der Waals surface area contributed by atoms with Crippen molar-refractivity contribution in [1.82, 2.24) is 14.9 Å². The van der Waals surface area contributed by atoms with Crippen LogP contribution in [0.3, 0.4) is 0 Å². The average Bonchev–Trinajstić information content (AvgIpc) is 3.13. The van der Waals surface area contributed by atoms with Gasteiger partial charge in [0.15, 0.2) is 5.82 Å². The number of hydrogen-bond acceptors (Lipinski definition) is 5. The Morgan fingerprint density at radius 3 is 2.63 bits per heavy atom. The number of hydrogen-bond donors (Lipinski definition) is 2. The van der Waals surface area contributed by atoms with Crippen LogP contribution in [0.5, 0.6) is 0 Å². The number of amides is 1. The van der Waals surface area contributed by atoms with Crippen molar-refractivity contribution in [2.24, 2.45) is 0 Å². The largest absolute Gasteiger partial charge is 0.325 e. The molecule has 0 aliphatic carbocycles. The molecule has 1 aromatic heterocycles. The zero-order valence-corrected chi connectivity index (χ0v) is 18.6. The van der Waals surface area contributed by atoms with Crippen LogP contribution < -0.4 is 10.7 Å². The second-order valence-corrected chi connectivity index (χ2v) is 8.89. The van der Waals surface area contributed by atoms with E-state index in [9.17, 15) is 4.79 Å². The van der Waals surface area contributed by atoms with Gasteiger partial charge >= 0.3 is 0 Å². The number of aryl methyl sites for hydroxylation is 3. The molecule has 1 amide bonds. The lowest BCUT2D eigenvalue weighted by molar-refractivity contribution is -0.116. The fraction of sp³-hybridized carbons (Fsp3) is 0.348. The van der Waals surface area contributed by atoms with Crippen molar-refractivity contribution in [3.05, 3.63) is 70.5 Å². The Hall–Kier alpha value is -2.80. The van der Waals surface area contributed by atoms with Gasteiger partial charge in [0.1, 0.15) is 5.25 Å². The van der Waals surface area contributed by atoms with Crippen molar-refractivity contribution in [2.45, 2.75) is 57.0 Å². The third-order valence-corrected chi connectivity index (χ3v) is 6.75. The first kappa shape index (κ1) is 20.5. The highest BCUT2D eigenvalue weighted by Crippen LogP contribution is 2.38. The van der Waals surface area contributed by atoms with Gasteiger partial charge in [-0.05, 0) is 49.9 Å². The molecular weight excluding hydrogens is 394 g/mol. The minimum absolute atomic E-state index is 0.0435. The fourth-order valence-electron chi connectivity index (χ4n) is 3.60. The quantitative estimate of drug-likeness (QED) is 0.632. The van der Waals surface area contributed by atoms with E-state index >= 15 is 0 Å². The number of nitrogens with one attached hydrogen (secondary N) is 2. The summed E-state index contributed by atoms with van der Waals surface area (Å²) in [6, 6.07) is 14.1. The molecule has 156 valence electrons. The number of thioether (sulfide) groups is 1. The molecule has 2 N–H and O–H groups in total. The van der Waals surface area contributed by atoms with Crippen LogP contribution >= 0.6 is 11.8 Å². The van der Waals surface area contributed by atoms with Crippen molar-refractivity contribution in [3.63, 3.8) is 0 Å². The Kier molecular flexibility index (Phi) is 5.81. The lowest BCUT2D eigenvalue weighted by atomic mass is 10.0. The number of aromatic nitrogens is 3. The van der Waals surface area contributed by atoms with Gasteiger partial charge in [-0.25, -0.2) is 4.68 Å². The molecular formula is C23H27N5OS. The first-order valence-electron chi connectivity index (χ1n) is 10.3. The summed E-state index contributed by atoms with van der Waals surface area (Å²) in [5.74, 6) is 0.851.